The van der Waals surface area contributed by atoms with Crippen LogP contribution in [0.15, 0.2) is 0 Å². The Hall–Kier alpha value is 0.314. The first-order chi connectivity index (χ1) is 7.12. The lowest BCUT2D eigenvalue weighted by atomic mass is 9.98. The van der Waals surface area contributed by atoms with Gasteiger partial charge >= 0.3 is 0 Å². The smallest absolute Gasteiger partial charge is 0.174 e. The predicted octanol–water partition coefficient (Wildman–Crippen LogP) is 2.18. The largest absolute Gasteiger partial charge is 0.414 e. The van der Waals surface area contributed by atoms with Crippen molar-refractivity contribution < 1.29 is 4.43 Å². The van der Waals surface area contributed by atoms with Crippen molar-refractivity contribution in [3.63, 3.8) is 0 Å². The minimum atomic E-state index is -1.54. The molecule has 0 aromatic carbocycles. The lowest BCUT2D eigenvalue weighted by Crippen LogP contribution is -2.69. The number of hydrogen-bond donors (Lipinski definition) is 2. The topological polar surface area (TPSA) is 61.3 Å². The van der Waals surface area contributed by atoms with Crippen LogP contribution in [0.3, 0.4) is 0 Å². The zero-order valence-corrected chi connectivity index (χ0v) is 13.5. The summed E-state index contributed by atoms with van der Waals surface area (Å²) in [6.07, 6.45) is 3.01. The monoisotopic (exact) mass is 260 g/mol. The van der Waals surface area contributed by atoms with E-state index in [1.807, 2.05) is 0 Å². The standard InChI is InChI=1S/C11H28N2OSi2/c1-6-8-11(12,13)10-7-9-15(2,3)16(4,5)14-10/h10H,6-9,12-13H2,1-5H3. The Balaban J connectivity index is 2.76. The molecule has 1 aliphatic rings. The highest BCUT2D eigenvalue weighted by atomic mass is 29.3. The molecule has 0 spiro atoms. The molecule has 96 valence electrons. The maximum atomic E-state index is 6.36. The quantitative estimate of drug-likeness (QED) is 0.604. The molecule has 5 heteroatoms. The molecule has 1 fully saturated rings. The van der Waals surface area contributed by atoms with Crippen LogP contribution >= 0.6 is 0 Å². The molecule has 0 aromatic heterocycles. The van der Waals surface area contributed by atoms with Crippen molar-refractivity contribution in [3.8, 4) is 0 Å². The zero-order chi connectivity index (χ0) is 12.6. The second-order valence-corrected chi connectivity index (χ2v) is 21.6. The van der Waals surface area contributed by atoms with E-state index in [4.69, 9.17) is 15.9 Å². The first kappa shape index (κ1) is 14.4. The minimum absolute atomic E-state index is 0.0784. The van der Waals surface area contributed by atoms with Crippen LogP contribution in [-0.2, 0) is 4.43 Å². The van der Waals surface area contributed by atoms with Crippen molar-refractivity contribution >= 4 is 15.4 Å². The van der Waals surface area contributed by atoms with Gasteiger partial charge in [-0.15, -0.1) is 0 Å². The van der Waals surface area contributed by atoms with Gasteiger partial charge in [0.15, 0.2) is 7.83 Å². The van der Waals surface area contributed by atoms with E-state index in [9.17, 15) is 0 Å². The zero-order valence-electron chi connectivity index (χ0n) is 11.5. The third-order valence-corrected chi connectivity index (χ3v) is 20.9. The lowest BCUT2D eigenvalue weighted by Gasteiger charge is -2.49. The van der Waals surface area contributed by atoms with Crippen molar-refractivity contribution in [3.05, 3.63) is 0 Å². The van der Waals surface area contributed by atoms with E-state index in [0.29, 0.717) is 0 Å². The van der Waals surface area contributed by atoms with Crippen molar-refractivity contribution in [2.24, 2.45) is 11.5 Å². The SMILES string of the molecule is CCCC(N)(N)C1CC[Si](C)(C)[Si](C)(C)O1. The molecular weight excluding hydrogens is 232 g/mol. The summed E-state index contributed by atoms with van der Waals surface area (Å²) >= 11 is 0. The van der Waals surface area contributed by atoms with Gasteiger partial charge in [0.1, 0.15) is 0 Å². The molecule has 0 amide bonds. The highest BCUT2D eigenvalue weighted by Gasteiger charge is 2.50. The summed E-state index contributed by atoms with van der Waals surface area (Å²) < 4.78 is 6.36. The summed E-state index contributed by atoms with van der Waals surface area (Å²) in [5, 5.41) is 0. The number of nitrogens with two attached hydrogens (primary N) is 2. The molecule has 1 unspecified atom stereocenters. The molecule has 0 saturated carbocycles. The third-order valence-electron chi connectivity index (χ3n) is 4.38. The fourth-order valence-electron chi connectivity index (χ4n) is 2.34. The van der Waals surface area contributed by atoms with E-state index < -0.39 is 21.1 Å². The molecule has 1 rings (SSSR count). The van der Waals surface area contributed by atoms with Gasteiger partial charge in [0, 0.05) is 0 Å². The van der Waals surface area contributed by atoms with Gasteiger partial charge < -0.3 is 15.9 Å². The van der Waals surface area contributed by atoms with Crippen molar-refractivity contribution in [2.75, 3.05) is 0 Å². The molecule has 16 heavy (non-hydrogen) atoms. The van der Waals surface area contributed by atoms with Gasteiger partial charge in [-0.2, -0.15) is 0 Å². The first-order valence-electron chi connectivity index (χ1n) is 6.38. The van der Waals surface area contributed by atoms with E-state index in [0.717, 1.165) is 19.3 Å². The minimum Gasteiger partial charge on any atom is -0.414 e. The molecule has 1 heterocycles. The average Bonchev–Trinajstić information content (AvgIpc) is 2.09. The number of rotatable bonds is 3. The Labute approximate surface area is 102 Å². The molecule has 0 aromatic rings. The molecule has 0 aliphatic carbocycles. The molecule has 3 nitrogen and oxygen atoms in total. The summed E-state index contributed by atoms with van der Waals surface area (Å²) in [6.45, 7) is 11.7. The Morgan fingerprint density at radius 2 is 1.81 bits per heavy atom. The van der Waals surface area contributed by atoms with Crippen LogP contribution in [0, 0.1) is 0 Å². The summed E-state index contributed by atoms with van der Waals surface area (Å²) in [6, 6.07) is 1.32. The van der Waals surface area contributed by atoms with Crippen LogP contribution in [0.4, 0.5) is 0 Å². The maximum Gasteiger partial charge on any atom is 0.174 e. The Bertz CT molecular complexity index is 254. The van der Waals surface area contributed by atoms with Gasteiger partial charge in [-0.3, -0.25) is 0 Å². The Morgan fingerprint density at radius 3 is 2.25 bits per heavy atom. The molecule has 1 saturated heterocycles. The van der Waals surface area contributed by atoms with E-state index in [2.05, 4.69) is 33.1 Å². The van der Waals surface area contributed by atoms with Crippen molar-refractivity contribution in [2.45, 2.75) is 70.2 Å². The first-order valence-corrected chi connectivity index (χ1v) is 13.5. The second kappa shape index (κ2) is 4.53. The van der Waals surface area contributed by atoms with Gasteiger partial charge in [0.25, 0.3) is 0 Å². The van der Waals surface area contributed by atoms with E-state index in [1.165, 1.54) is 6.04 Å². The fourth-order valence-corrected chi connectivity index (χ4v) is 8.92. The maximum absolute atomic E-state index is 6.36. The van der Waals surface area contributed by atoms with Crippen molar-refractivity contribution in [1.82, 2.24) is 0 Å². The van der Waals surface area contributed by atoms with Crippen LogP contribution in [0.2, 0.25) is 32.2 Å². The van der Waals surface area contributed by atoms with Gasteiger partial charge in [0.05, 0.1) is 19.4 Å². The molecule has 1 aliphatic heterocycles. The second-order valence-electron chi connectivity index (χ2n) is 6.40. The lowest BCUT2D eigenvalue weighted by molar-refractivity contribution is 0.0911. The Morgan fingerprint density at radius 1 is 1.25 bits per heavy atom. The van der Waals surface area contributed by atoms with Gasteiger partial charge in [-0.1, -0.05) is 32.5 Å². The number of hydrogen-bond acceptors (Lipinski definition) is 3. The van der Waals surface area contributed by atoms with Crippen LogP contribution in [0.1, 0.15) is 26.2 Å². The molecular formula is C11H28N2OSi2. The normalized spacial score (nSPS) is 29.1. The van der Waals surface area contributed by atoms with E-state index >= 15 is 0 Å². The average molecular weight is 261 g/mol. The van der Waals surface area contributed by atoms with Crippen LogP contribution in [0.25, 0.3) is 0 Å². The summed E-state index contributed by atoms with van der Waals surface area (Å²) in [4.78, 5) is 0. The van der Waals surface area contributed by atoms with Crippen molar-refractivity contribution in [1.29, 1.82) is 0 Å². The molecule has 0 radical (unpaired) electrons. The van der Waals surface area contributed by atoms with E-state index in [-0.39, 0.29) is 6.10 Å². The van der Waals surface area contributed by atoms with Gasteiger partial charge in [-0.25, -0.2) is 0 Å². The summed E-state index contributed by atoms with van der Waals surface area (Å²) in [5.74, 6) is 0. The van der Waals surface area contributed by atoms with Crippen LogP contribution in [0.5, 0.6) is 0 Å². The molecule has 1 atom stereocenters. The predicted molar refractivity (Wildman–Crippen MR) is 75.3 cm³/mol. The van der Waals surface area contributed by atoms with Gasteiger partial charge in [-0.05, 0) is 25.9 Å². The van der Waals surface area contributed by atoms with E-state index in [1.54, 1.807) is 0 Å². The highest BCUT2D eigenvalue weighted by molar-refractivity contribution is 7.38. The highest BCUT2D eigenvalue weighted by Crippen LogP contribution is 2.36. The molecule has 0 bridgehead atoms. The van der Waals surface area contributed by atoms with Crippen LogP contribution < -0.4 is 11.5 Å². The van der Waals surface area contributed by atoms with Crippen LogP contribution in [-0.4, -0.2) is 27.2 Å². The summed E-state index contributed by atoms with van der Waals surface area (Å²) in [7, 11) is -2.70. The Kier molecular flexibility index (Phi) is 4.07. The molecule has 4 N–H and O–H groups in total. The third kappa shape index (κ3) is 2.76. The summed E-state index contributed by atoms with van der Waals surface area (Å²) in [5.41, 5.74) is 11.8. The van der Waals surface area contributed by atoms with Gasteiger partial charge in [0.2, 0.25) is 0 Å². The fraction of sp³-hybridized carbons (Fsp3) is 1.00.